The Hall–Kier alpha value is -2.11. The number of hydrogen-bond acceptors (Lipinski definition) is 4. The highest BCUT2D eigenvalue weighted by atomic mass is 35.5. The molecule has 0 aliphatic heterocycles. The lowest BCUT2D eigenvalue weighted by Gasteiger charge is -2.13. The fraction of sp³-hybridized carbons (Fsp3) is 0.222. The van der Waals surface area contributed by atoms with E-state index in [4.69, 9.17) is 29.0 Å². The van der Waals surface area contributed by atoms with Crippen LogP contribution in [0.5, 0.6) is 5.75 Å². The first-order chi connectivity index (χ1) is 11.7. The van der Waals surface area contributed by atoms with Crippen LogP contribution in [0.3, 0.4) is 0 Å². The Morgan fingerprint density at radius 3 is 2.50 bits per heavy atom. The van der Waals surface area contributed by atoms with Gasteiger partial charge in [0.15, 0.2) is 5.82 Å². The molecule has 0 unspecified atom stereocenters. The summed E-state index contributed by atoms with van der Waals surface area (Å²) in [4.78, 5) is 0. The van der Waals surface area contributed by atoms with Gasteiger partial charge in [-0.05, 0) is 42.7 Å². The van der Waals surface area contributed by atoms with E-state index >= 15 is 0 Å². The predicted molar refractivity (Wildman–Crippen MR) is 96.2 cm³/mol. The van der Waals surface area contributed by atoms with Gasteiger partial charge in [-0.2, -0.15) is 5.10 Å². The van der Waals surface area contributed by atoms with Gasteiger partial charge in [-0.15, -0.1) is 5.10 Å². The fourth-order valence-corrected chi connectivity index (χ4v) is 2.78. The number of nitrogens with zero attached hydrogens (tertiary/aromatic N) is 3. The molecular weight excluding hydrogens is 342 g/mol. The summed E-state index contributed by atoms with van der Waals surface area (Å²) in [6.07, 6.45) is 1.96. The molecule has 0 saturated carbocycles. The van der Waals surface area contributed by atoms with Gasteiger partial charge in [0.2, 0.25) is 0 Å². The van der Waals surface area contributed by atoms with Crippen LogP contribution in [-0.2, 0) is 32.2 Å². The lowest BCUT2D eigenvalue weighted by atomic mass is 10.1. The Morgan fingerprint density at radius 1 is 1.00 bits per heavy atom. The summed E-state index contributed by atoms with van der Waals surface area (Å²) in [6, 6.07) is 17.6. The van der Waals surface area contributed by atoms with E-state index in [0.717, 1.165) is 31.0 Å². The van der Waals surface area contributed by atoms with Crippen LogP contribution in [0, 0.1) is 0 Å². The highest BCUT2D eigenvalue weighted by Crippen LogP contribution is 2.17. The van der Waals surface area contributed by atoms with E-state index in [9.17, 15) is 0 Å². The first-order valence-corrected chi connectivity index (χ1v) is 8.52. The molecule has 6 heteroatoms. The van der Waals surface area contributed by atoms with Gasteiger partial charge in [-0.25, -0.2) is 0 Å². The minimum atomic E-state index is 0.330. The van der Waals surface area contributed by atoms with Crippen LogP contribution in [0.4, 0.5) is 0 Å². The molecule has 124 valence electrons. The number of ether oxygens (including phenoxy) is 1. The van der Waals surface area contributed by atoms with Gasteiger partial charge in [0, 0.05) is 16.7 Å². The minimum absolute atomic E-state index is 0.330. The van der Waals surface area contributed by atoms with E-state index in [-0.39, 0.29) is 0 Å². The predicted octanol–water partition coefficient (Wildman–Crippen LogP) is 4.05. The van der Waals surface area contributed by atoms with Gasteiger partial charge in [0.25, 0.3) is 0 Å². The van der Waals surface area contributed by atoms with Crippen LogP contribution < -0.4 is 4.74 Å². The molecule has 3 rings (SSSR count). The number of aromatic nitrogens is 3. The van der Waals surface area contributed by atoms with Gasteiger partial charge in [-0.1, -0.05) is 41.9 Å². The zero-order valence-electron chi connectivity index (χ0n) is 13.1. The molecule has 24 heavy (non-hydrogen) atoms. The molecule has 0 amide bonds. The Kier molecular flexibility index (Phi) is 5.67. The summed E-state index contributed by atoms with van der Waals surface area (Å²) in [5.74, 6) is 1.48. The standard InChI is InChI=1S/C18H18ClN3OS/c19-15-8-10-16(11-9-15)23-13-17-20-21-18(24)22(17)12-4-7-14-5-2-1-3-6-14/h1-3,5-6,8-11H,4,7,12-13H2,(H,21,24)/p-1. The van der Waals surface area contributed by atoms with Crippen LogP contribution in [0.25, 0.3) is 0 Å². The number of rotatable bonds is 7. The molecule has 0 fully saturated rings. The largest absolute Gasteiger partial charge is 0.740 e. The van der Waals surface area contributed by atoms with Crippen LogP contribution in [0.2, 0.25) is 5.02 Å². The number of benzene rings is 2. The molecule has 0 radical (unpaired) electrons. The molecule has 0 saturated heterocycles. The van der Waals surface area contributed by atoms with Crippen molar-refractivity contribution in [3.8, 4) is 5.75 Å². The molecule has 1 aromatic heterocycles. The van der Waals surface area contributed by atoms with Crippen LogP contribution in [-0.4, -0.2) is 14.8 Å². The van der Waals surface area contributed by atoms with Gasteiger partial charge >= 0.3 is 0 Å². The molecule has 2 aromatic carbocycles. The van der Waals surface area contributed by atoms with E-state index in [0.29, 0.717) is 16.8 Å². The maximum absolute atomic E-state index is 5.87. The molecular formula is C18H17ClN3OS-. The lowest BCUT2D eigenvalue weighted by molar-refractivity contribution is 0.287. The van der Waals surface area contributed by atoms with Crippen LogP contribution >= 0.6 is 11.6 Å². The highest BCUT2D eigenvalue weighted by Gasteiger charge is 2.06. The minimum Gasteiger partial charge on any atom is -0.740 e. The molecule has 0 N–H and O–H groups in total. The average molecular weight is 359 g/mol. The van der Waals surface area contributed by atoms with Crippen molar-refractivity contribution in [1.29, 1.82) is 0 Å². The van der Waals surface area contributed by atoms with E-state index in [1.54, 1.807) is 12.1 Å². The number of aryl methyl sites for hydroxylation is 1. The van der Waals surface area contributed by atoms with Crippen molar-refractivity contribution in [2.45, 2.75) is 31.1 Å². The van der Waals surface area contributed by atoms with Crippen molar-refractivity contribution in [2.75, 3.05) is 0 Å². The zero-order chi connectivity index (χ0) is 16.8. The van der Waals surface area contributed by atoms with Crippen LogP contribution in [0.15, 0.2) is 59.8 Å². The quantitative estimate of drug-likeness (QED) is 0.597. The third-order valence-corrected chi connectivity index (χ3v) is 4.22. The second kappa shape index (κ2) is 8.13. The normalized spacial score (nSPS) is 10.7. The summed E-state index contributed by atoms with van der Waals surface area (Å²) in [7, 11) is 0. The molecule has 4 nitrogen and oxygen atoms in total. The first kappa shape index (κ1) is 16.7. The third kappa shape index (κ3) is 4.46. The maximum atomic E-state index is 5.87. The number of hydrogen-bond donors (Lipinski definition) is 0. The van der Waals surface area contributed by atoms with Crippen molar-refractivity contribution < 1.29 is 4.74 Å². The summed E-state index contributed by atoms with van der Waals surface area (Å²) < 4.78 is 7.68. The maximum Gasteiger partial charge on any atom is 0.169 e. The molecule has 0 aliphatic rings. The van der Waals surface area contributed by atoms with E-state index < -0.39 is 0 Å². The monoisotopic (exact) mass is 358 g/mol. The SMILES string of the molecule is [S-]c1nnc(COc2ccc(Cl)cc2)n1CCCc1ccccc1. The summed E-state index contributed by atoms with van der Waals surface area (Å²) in [6.45, 7) is 1.11. The van der Waals surface area contributed by atoms with Gasteiger partial charge in [0.1, 0.15) is 12.4 Å². The van der Waals surface area contributed by atoms with Crippen molar-refractivity contribution >= 4 is 24.2 Å². The summed E-state index contributed by atoms with van der Waals surface area (Å²) in [5, 5.41) is 9.30. The lowest BCUT2D eigenvalue weighted by Crippen LogP contribution is -2.09. The van der Waals surface area contributed by atoms with E-state index in [1.807, 2.05) is 22.8 Å². The van der Waals surface area contributed by atoms with E-state index in [1.165, 1.54) is 5.56 Å². The topological polar surface area (TPSA) is 39.9 Å². The van der Waals surface area contributed by atoms with Crippen LogP contribution in [0.1, 0.15) is 17.8 Å². The Bertz CT molecular complexity index is 775. The molecule has 0 bridgehead atoms. The second-order valence-corrected chi connectivity index (χ2v) is 6.18. The second-order valence-electron chi connectivity index (χ2n) is 5.38. The third-order valence-electron chi connectivity index (χ3n) is 3.67. The Balaban J connectivity index is 1.58. The van der Waals surface area contributed by atoms with Gasteiger partial charge in [0.05, 0.1) is 0 Å². The zero-order valence-corrected chi connectivity index (χ0v) is 14.6. The Morgan fingerprint density at radius 2 is 1.75 bits per heavy atom. The first-order valence-electron chi connectivity index (χ1n) is 7.74. The summed E-state index contributed by atoms with van der Waals surface area (Å²) >= 11 is 11.1. The molecule has 0 spiro atoms. The molecule has 1 heterocycles. The van der Waals surface area contributed by atoms with Gasteiger partial charge in [-0.3, -0.25) is 0 Å². The highest BCUT2D eigenvalue weighted by molar-refractivity contribution is 7.58. The molecule has 0 aliphatic carbocycles. The smallest absolute Gasteiger partial charge is 0.169 e. The molecule has 3 aromatic rings. The van der Waals surface area contributed by atoms with Crippen molar-refractivity contribution in [2.24, 2.45) is 0 Å². The number of halogens is 1. The summed E-state index contributed by atoms with van der Waals surface area (Å²) in [5.41, 5.74) is 1.32. The van der Waals surface area contributed by atoms with Crippen molar-refractivity contribution in [1.82, 2.24) is 14.8 Å². The van der Waals surface area contributed by atoms with E-state index in [2.05, 4.69) is 34.5 Å². The average Bonchev–Trinajstić information content (AvgIpc) is 2.96. The fourth-order valence-electron chi connectivity index (χ4n) is 2.42. The Labute approximate surface area is 151 Å². The molecule has 0 atom stereocenters. The van der Waals surface area contributed by atoms with Crippen molar-refractivity contribution in [3.05, 3.63) is 71.0 Å². The van der Waals surface area contributed by atoms with Gasteiger partial charge < -0.3 is 21.9 Å². The van der Waals surface area contributed by atoms with Crippen molar-refractivity contribution in [3.63, 3.8) is 0 Å².